The lowest BCUT2D eigenvalue weighted by Crippen LogP contribution is -2.33. The maximum atomic E-state index is 12.6. The Labute approximate surface area is 144 Å². The van der Waals surface area contributed by atoms with Gasteiger partial charge < -0.3 is 10.4 Å². The Morgan fingerprint density at radius 1 is 1.38 bits per heavy atom. The predicted molar refractivity (Wildman–Crippen MR) is 90.3 cm³/mol. The molecule has 0 heterocycles. The van der Waals surface area contributed by atoms with E-state index in [2.05, 4.69) is 5.32 Å². The second-order valence-electron chi connectivity index (χ2n) is 6.12. The SMILES string of the molecule is CC(C)Sc1ccc([N+](=O)[O-])cc1C(=O)N[C@@H]1CC[C@H](C(=O)O)C1. The van der Waals surface area contributed by atoms with Crippen molar-refractivity contribution in [1.29, 1.82) is 0 Å². The van der Waals surface area contributed by atoms with Crippen LogP contribution in [0, 0.1) is 16.0 Å². The molecule has 1 amide bonds. The first-order valence-corrected chi connectivity index (χ1v) is 8.64. The van der Waals surface area contributed by atoms with Crippen LogP contribution in [-0.4, -0.2) is 33.2 Å². The minimum Gasteiger partial charge on any atom is -0.481 e. The van der Waals surface area contributed by atoms with E-state index < -0.39 is 22.7 Å². The average molecular weight is 352 g/mol. The number of non-ortho nitro benzene ring substituents is 1. The molecule has 1 aliphatic rings. The third-order valence-electron chi connectivity index (χ3n) is 3.90. The summed E-state index contributed by atoms with van der Waals surface area (Å²) in [6.45, 7) is 3.95. The second-order valence-corrected chi connectivity index (χ2v) is 7.74. The molecule has 0 spiro atoms. The Bertz CT molecular complexity index is 662. The van der Waals surface area contributed by atoms with Gasteiger partial charge in [-0.05, 0) is 25.3 Å². The predicted octanol–water partition coefficient (Wildman–Crippen LogP) is 3.08. The van der Waals surface area contributed by atoms with Crippen LogP contribution in [0.25, 0.3) is 0 Å². The van der Waals surface area contributed by atoms with Gasteiger partial charge >= 0.3 is 5.97 Å². The Morgan fingerprint density at radius 2 is 2.08 bits per heavy atom. The minimum absolute atomic E-state index is 0.136. The van der Waals surface area contributed by atoms with Crippen LogP contribution in [0.15, 0.2) is 23.1 Å². The molecule has 0 radical (unpaired) electrons. The fourth-order valence-corrected chi connectivity index (χ4v) is 3.70. The van der Waals surface area contributed by atoms with Gasteiger partial charge in [0.15, 0.2) is 0 Å². The molecule has 0 bridgehead atoms. The molecular weight excluding hydrogens is 332 g/mol. The zero-order valence-electron chi connectivity index (χ0n) is 13.5. The van der Waals surface area contributed by atoms with Crippen molar-refractivity contribution in [1.82, 2.24) is 5.32 Å². The highest BCUT2D eigenvalue weighted by molar-refractivity contribution is 8.00. The number of nitrogens with one attached hydrogen (secondary N) is 1. The smallest absolute Gasteiger partial charge is 0.306 e. The number of carbonyl (C=O) groups is 2. The Hall–Kier alpha value is -2.09. The molecule has 0 saturated heterocycles. The molecule has 0 unspecified atom stereocenters. The van der Waals surface area contributed by atoms with Crippen LogP contribution in [0.4, 0.5) is 5.69 Å². The number of nitro benzene ring substituents is 1. The number of hydrogen-bond donors (Lipinski definition) is 2. The lowest BCUT2D eigenvalue weighted by Gasteiger charge is -2.15. The first kappa shape index (κ1) is 18.3. The molecular formula is C16H20N2O5S. The third kappa shape index (κ3) is 4.47. The summed E-state index contributed by atoms with van der Waals surface area (Å²) in [6.07, 6.45) is 1.52. The number of aliphatic carboxylic acids is 1. The molecule has 1 saturated carbocycles. The summed E-state index contributed by atoms with van der Waals surface area (Å²) >= 11 is 1.46. The van der Waals surface area contributed by atoms with Gasteiger partial charge in [-0.1, -0.05) is 13.8 Å². The largest absolute Gasteiger partial charge is 0.481 e. The quantitative estimate of drug-likeness (QED) is 0.462. The van der Waals surface area contributed by atoms with Crippen molar-refractivity contribution in [3.05, 3.63) is 33.9 Å². The van der Waals surface area contributed by atoms with Crippen molar-refractivity contribution in [3.63, 3.8) is 0 Å². The van der Waals surface area contributed by atoms with Gasteiger partial charge in [0.25, 0.3) is 11.6 Å². The van der Waals surface area contributed by atoms with Gasteiger partial charge in [-0.15, -0.1) is 11.8 Å². The van der Waals surface area contributed by atoms with Crippen molar-refractivity contribution in [2.75, 3.05) is 0 Å². The van der Waals surface area contributed by atoms with Gasteiger partial charge in [0.1, 0.15) is 0 Å². The topological polar surface area (TPSA) is 110 Å². The average Bonchev–Trinajstić information content (AvgIpc) is 2.95. The highest BCUT2D eigenvalue weighted by atomic mass is 32.2. The number of benzene rings is 1. The maximum Gasteiger partial charge on any atom is 0.306 e. The summed E-state index contributed by atoms with van der Waals surface area (Å²) < 4.78 is 0. The van der Waals surface area contributed by atoms with Crippen LogP contribution in [-0.2, 0) is 4.79 Å². The van der Waals surface area contributed by atoms with Crippen LogP contribution in [0.2, 0.25) is 0 Å². The van der Waals surface area contributed by atoms with E-state index in [0.29, 0.717) is 24.2 Å². The van der Waals surface area contributed by atoms with Crippen molar-refractivity contribution < 1.29 is 19.6 Å². The highest BCUT2D eigenvalue weighted by Crippen LogP contribution is 2.31. The van der Waals surface area contributed by atoms with E-state index in [9.17, 15) is 19.7 Å². The molecule has 130 valence electrons. The molecule has 24 heavy (non-hydrogen) atoms. The molecule has 1 aromatic carbocycles. The standard InChI is InChI=1S/C16H20N2O5S/c1-9(2)24-14-6-5-12(18(22)23)8-13(14)15(19)17-11-4-3-10(7-11)16(20)21/h5-6,8-11H,3-4,7H2,1-2H3,(H,17,19)(H,20,21)/t10-,11+/m0/s1. The van der Waals surface area contributed by atoms with E-state index in [-0.39, 0.29) is 22.5 Å². The monoisotopic (exact) mass is 352 g/mol. The van der Waals surface area contributed by atoms with E-state index in [4.69, 9.17) is 5.11 Å². The zero-order chi connectivity index (χ0) is 17.9. The van der Waals surface area contributed by atoms with Gasteiger partial charge in [-0.3, -0.25) is 19.7 Å². The number of thioether (sulfide) groups is 1. The summed E-state index contributed by atoms with van der Waals surface area (Å²) in [5.74, 6) is -1.68. The van der Waals surface area contributed by atoms with E-state index in [1.807, 2.05) is 13.8 Å². The van der Waals surface area contributed by atoms with Crippen LogP contribution in [0.1, 0.15) is 43.5 Å². The number of carbonyl (C=O) groups excluding carboxylic acids is 1. The highest BCUT2D eigenvalue weighted by Gasteiger charge is 2.31. The summed E-state index contributed by atoms with van der Waals surface area (Å²) in [5.41, 5.74) is 0.129. The van der Waals surface area contributed by atoms with E-state index >= 15 is 0 Å². The maximum absolute atomic E-state index is 12.6. The number of amides is 1. The number of hydrogen-bond acceptors (Lipinski definition) is 5. The van der Waals surface area contributed by atoms with Gasteiger partial charge in [-0.25, -0.2) is 0 Å². The lowest BCUT2D eigenvalue weighted by atomic mass is 10.1. The number of rotatable bonds is 6. The summed E-state index contributed by atoms with van der Waals surface area (Å²) in [4.78, 5) is 34.7. The van der Waals surface area contributed by atoms with Crippen molar-refractivity contribution in [3.8, 4) is 0 Å². The van der Waals surface area contributed by atoms with Crippen LogP contribution < -0.4 is 5.32 Å². The van der Waals surface area contributed by atoms with Crippen LogP contribution in [0.3, 0.4) is 0 Å². The van der Waals surface area contributed by atoms with E-state index in [0.717, 1.165) is 0 Å². The molecule has 1 fully saturated rings. The third-order valence-corrected chi connectivity index (χ3v) is 4.98. The molecule has 0 aromatic heterocycles. The Balaban J connectivity index is 2.18. The number of carboxylic acids is 1. The number of carboxylic acid groups (broad SMARTS) is 1. The first-order valence-electron chi connectivity index (χ1n) is 7.76. The fourth-order valence-electron chi connectivity index (χ4n) is 2.77. The van der Waals surface area contributed by atoms with Gasteiger partial charge in [0.2, 0.25) is 0 Å². The fraction of sp³-hybridized carbons (Fsp3) is 0.500. The molecule has 2 N–H and O–H groups in total. The Kier molecular flexibility index (Phi) is 5.82. The normalized spacial score (nSPS) is 20.1. The van der Waals surface area contributed by atoms with Crippen molar-refractivity contribution >= 4 is 29.3 Å². The molecule has 2 atom stereocenters. The minimum atomic E-state index is -0.849. The molecule has 1 aromatic rings. The number of nitrogens with zero attached hydrogens (tertiary/aromatic N) is 1. The number of nitro groups is 1. The Morgan fingerprint density at radius 3 is 2.62 bits per heavy atom. The molecule has 0 aliphatic heterocycles. The molecule has 8 heteroatoms. The molecule has 2 rings (SSSR count). The summed E-state index contributed by atoms with van der Waals surface area (Å²) in [5, 5.41) is 23.1. The first-order chi connectivity index (χ1) is 11.3. The van der Waals surface area contributed by atoms with Gasteiger partial charge in [0.05, 0.1) is 16.4 Å². The van der Waals surface area contributed by atoms with Crippen LogP contribution >= 0.6 is 11.8 Å². The summed E-state index contributed by atoms with van der Waals surface area (Å²) in [6, 6.07) is 4.04. The molecule has 7 nitrogen and oxygen atoms in total. The van der Waals surface area contributed by atoms with E-state index in [1.165, 1.54) is 23.9 Å². The van der Waals surface area contributed by atoms with Crippen molar-refractivity contribution in [2.45, 2.75) is 49.3 Å². The van der Waals surface area contributed by atoms with Crippen molar-refractivity contribution in [2.24, 2.45) is 5.92 Å². The second kappa shape index (κ2) is 7.65. The molecule has 1 aliphatic carbocycles. The lowest BCUT2D eigenvalue weighted by molar-refractivity contribution is -0.384. The van der Waals surface area contributed by atoms with Gasteiger partial charge in [-0.2, -0.15) is 0 Å². The van der Waals surface area contributed by atoms with Gasteiger partial charge in [0, 0.05) is 28.3 Å². The van der Waals surface area contributed by atoms with Crippen LogP contribution in [0.5, 0.6) is 0 Å². The summed E-state index contributed by atoms with van der Waals surface area (Å²) in [7, 11) is 0. The zero-order valence-corrected chi connectivity index (χ0v) is 14.3. The van der Waals surface area contributed by atoms with E-state index in [1.54, 1.807) is 6.07 Å².